The molecule has 1 aromatic rings. The van der Waals surface area contributed by atoms with Crippen molar-refractivity contribution in [3.05, 3.63) is 17.0 Å². The molecule has 0 bridgehead atoms. The first kappa shape index (κ1) is 12.6. The summed E-state index contributed by atoms with van der Waals surface area (Å²) in [6, 6.07) is 1.77. The van der Waals surface area contributed by atoms with Gasteiger partial charge in [0.2, 0.25) is 0 Å². The molecule has 1 aliphatic rings. The van der Waals surface area contributed by atoms with E-state index in [1.54, 1.807) is 13.0 Å². The Bertz CT molecular complexity index is 366. The molecular formula is C12H18ClN3O. The van der Waals surface area contributed by atoms with Crippen LogP contribution in [0, 0.1) is 6.92 Å². The van der Waals surface area contributed by atoms with Gasteiger partial charge in [0, 0.05) is 6.07 Å². The van der Waals surface area contributed by atoms with E-state index in [1.165, 1.54) is 6.42 Å². The molecular weight excluding hydrogens is 238 g/mol. The van der Waals surface area contributed by atoms with Crippen molar-refractivity contribution < 1.29 is 5.11 Å². The van der Waals surface area contributed by atoms with Gasteiger partial charge in [0.15, 0.2) is 0 Å². The highest BCUT2D eigenvalue weighted by Gasteiger charge is 2.21. The van der Waals surface area contributed by atoms with Crippen LogP contribution in [0.15, 0.2) is 6.07 Å². The first-order valence-electron chi connectivity index (χ1n) is 6.11. The van der Waals surface area contributed by atoms with Gasteiger partial charge in [-0.1, -0.05) is 30.9 Å². The second-order valence-electron chi connectivity index (χ2n) is 4.58. The van der Waals surface area contributed by atoms with Crippen molar-refractivity contribution in [3.63, 3.8) is 0 Å². The number of aryl methyl sites for hydroxylation is 1. The quantitative estimate of drug-likeness (QED) is 0.630. The molecule has 4 nitrogen and oxygen atoms in total. The van der Waals surface area contributed by atoms with Crippen LogP contribution in [-0.4, -0.2) is 27.2 Å². The Balaban J connectivity index is 2.07. The highest BCUT2D eigenvalue weighted by atomic mass is 35.5. The maximum atomic E-state index is 10.0. The third kappa shape index (κ3) is 3.54. The van der Waals surface area contributed by atoms with Gasteiger partial charge >= 0.3 is 0 Å². The van der Waals surface area contributed by atoms with Crippen molar-refractivity contribution in [2.75, 3.05) is 5.32 Å². The summed E-state index contributed by atoms with van der Waals surface area (Å²) in [5, 5.41) is 13.7. The lowest BCUT2D eigenvalue weighted by Gasteiger charge is -2.22. The Kier molecular flexibility index (Phi) is 4.18. The number of halogens is 1. The SMILES string of the molecule is Cc1nc(Cl)cc(NC2CCCCCC2O)n1. The minimum Gasteiger partial charge on any atom is -0.391 e. The van der Waals surface area contributed by atoms with Crippen molar-refractivity contribution in [3.8, 4) is 0 Å². The zero-order chi connectivity index (χ0) is 12.3. The molecule has 1 fully saturated rings. The predicted octanol–water partition coefficient (Wildman–Crippen LogP) is 2.54. The number of aliphatic hydroxyl groups excluding tert-OH is 1. The summed E-state index contributed by atoms with van der Waals surface area (Å²) >= 11 is 5.88. The van der Waals surface area contributed by atoms with Gasteiger partial charge in [-0.2, -0.15) is 0 Å². The zero-order valence-electron chi connectivity index (χ0n) is 9.99. The number of hydrogen-bond donors (Lipinski definition) is 2. The van der Waals surface area contributed by atoms with Crippen LogP contribution in [0.5, 0.6) is 0 Å². The number of hydrogen-bond acceptors (Lipinski definition) is 4. The van der Waals surface area contributed by atoms with Crippen LogP contribution in [0.4, 0.5) is 5.82 Å². The van der Waals surface area contributed by atoms with Crippen LogP contribution < -0.4 is 5.32 Å². The van der Waals surface area contributed by atoms with E-state index in [4.69, 9.17) is 11.6 Å². The molecule has 0 amide bonds. The minimum atomic E-state index is -0.299. The third-order valence-corrected chi connectivity index (χ3v) is 3.31. The number of aromatic nitrogens is 2. The lowest BCUT2D eigenvalue weighted by Crippen LogP contribution is -2.32. The summed E-state index contributed by atoms with van der Waals surface area (Å²) in [4.78, 5) is 8.29. The van der Waals surface area contributed by atoms with Gasteiger partial charge in [0.05, 0.1) is 12.1 Å². The Morgan fingerprint density at radius 2 is 2.06 bits per heavy atom. The normalized spacial score (nSPS) is 25.4. The number of aliphatic hydroxyl groups is 1. The minimum absolute atomic E-state index is 0.0721. The molecule has 0 aliphatic heterocycles. The standard InChI is InChI=1S/C12H18ClN3O/c1-8-14-11(13)7-12(15-8)16-9-5-3-2-4-6-10(9)17/h7,9-10,17H,2-6H2,1H3,(H,14,15,16). The smallest absolute Gasteiger partial charge is 0.134 e. The number of nitrogens with zero attached hydrogens (tertiary/aromatic N) is 2. The molecule has 1 saturated carbocycles. The third-order valence-electron chi connectivity index (χ3n) is 3.12. The Morgan fingerprint density at radius 3 is 2.82 bits per heavy atom. The summed E-state index contributed by atoms with van der Waals surface area (Å²) in [7, 11) is 0. The van der Waals surface area contributed by atoms with Crippen molar-refractivity contribution in [2.45, 2.75) is 51.2 Å². The zero-order valence-corrected chi connectivity index (χ0v) is 10.7. The van der Waals surface area contributed by atoms with Crippen molar-refractivity contribution in [1.82, 2.24) is 9.97 Å². The fraction of sp³-hybridized carbons (Fsp3) is 0.667. The maximum absolute atomic E-state index is 10.0. The van der Waals surface area contributed by atoms with Crippen LogP contribution in [0.25, 0.3) is 0 Å². The monoisotopic (exact) mass is 255 g/mol. The van der Waals surface area contributed by atoms with E-state index >= 15 is 0 Å². The molecule has 5 heteroatoms. The first-order valence-corrected chi connectivity index (χ1v) is 6.49. The Morgan fingerprint density at radius 1 is 1.29 bits per heavy atom. The van der Waals surface area contributed by atoms with Crippen LogP contribution in [0.2, 0.25) is 5.15 Å². The van der Waals surface area contributed by atoms with Crippen LogP contribution in [0.3, 0.4) is 0 Å². The van der Waals surface area contributed by atoms with Crippen molar-refractivity contribution in [1.29, 1.82) is 0 Å². The van der Waals surface area contributed by atoms with Gasteiger partial charge in [0.1, 0.15) is 16.8 Å². The molecule has 2 N–H and O–H groups in total. The van der Waals surface area contributed by atoms with Crippen LogP contribution in [-0.2, 0) is 0 Å². The molecule has 0 spiro atoms. The van der Waals surface area contributed by atoms with Gasteiger partial charge in [-0.25, -0.2) is 9.97 Å². The average molecular weight is 256 g/mol. The molecule has 17 heavy (non-hydrogen) atoms. The van der Waals surface area contributed by atoms with E-state index in [0.717, 1.165) is 25.7 Å². The first-order chi connectivity index (χ1) is 8.15. The van der Waals surface area contributed by atoms with Gasteiger partial charge in [0.25, 0.3) is 0 Å². The van der Waals surface area contributed by atoms with Gasteiger partial charge < -0.3 is 10.4 Å². The average Bonchev–Trinajstić information content (AvgIpc) is 2.43. The summed E-state index contributed by atoms with van der Waals surface area (Å²) in [5.41, 5.74) is 0. The fourth-order valence-corrected chi connectivity index (χ4v) is 2.48. The van der Waals surface area contributed by atoms with Crippen LogP contribution in [0.1, 0.15) is 37.9 Å². The maximum Gasteiger partial charge on any atom is 0.134 e. The van der Waals surface area contributed by atoms with Crippen molar-refractivity contribution in [2.24, 2.45) is 0 Å². The highest BCUT2D eigenvalue weighted by Crippen LogP contribution is 2.21. The fourth-order valence-electron chi connectivity index (χ4n) is 2.25. The molecule has 0 saturated heterocycles. The highest BCUT2D eigenvalue weighted by molar-refractivity contribution is 6.29. The van der Waals surface area contributed by atoms with Gasteiger partial charge in [-0.3, -0.25) is 0 Å². The van der Waals surface area contributed by atoms with Gasteiger partial charge in [-0.05, 0) is 19.8 Å². The number of anilines is 1. The van der Waals surface area contributed by atoms with Gasteiger partial charge in [-0.15, -0.1) is 0 Å². The molecule has 1 heterocycles. The second-order valence-corrected chi connectivity index (χ2v) is 4.97. The van der Waals surface area contributed by atoms with E-state index in [2.05, 4.69) is 15.3 Å². The summed E-state index contributed by atoms with van der Waals surface area (Å²) in [6.07, 6.45) is 4.97. The number of rotatable bonds is 2. The van der Waals surface area contributed by atoms with Crippen molar-refractivity contribution >= 4 is 17.4 Å². The Hall–Kier alpha value is -0.870. The van der Waals surface area contributed by atoms with E-state index in [-0.39, 0.29) is 12.1 Å². The lowest BCUT2D eigenvalue weighted by atomic mass is 10.1. The van der Waals surface area contributed by atoms with E-state index in [0.29, 0.717) is 16.8 Å². The molecule has 2 unspecified atom stereocenters. The van der Waals surface area contributed by atoms with E-state index in [1.807, 2.05) is 0 Å². The largest absolute Gasteiger partial charge is 0.391 e. The summed E-state index contributed by atoms with van der Waals surface area (Å²) < 4.78 is 0. The second kappa shape index (κ2) is 5.65. The summed E-state index contributed by atoms with van der Waals surface area (Å²) in [5.74, 6) is 1.34. The Labute approximate surface area is 106 Å². The molecule has 1 aliphatic carbocycles. The summed E-state index contributed by atoms with van der Waals surface area (Å²) in [6.45, 7) is 1.81. The van der Waals surface area contributed by atoms with E-state index in [9.17, 15) is 5.11 Å². The molecule has 1 aromatic heterocycles. The van der Waals surface area contributed by atoms with E-state index < -0.39 is 0 Å². The topological polar surface area (TPSA) is 58.0 Å². The molecule has 94 valence electrons. The molecule has 2 atom stereocenters. The lowest BCUT2D eigenvalue weighted by molar-refractivity contribution is 0.144. The number of nitrogens with one attached hydrogen (secondary N) is 1. The predicted molar refractivity (Wildman–Crippen MR) is 68.3 cm³/mol. The molecule has 2 rings (SSSR count). The molecule has 0 radical (unpaired) electrons. The van der Waals surface area contributed by atoms with Crippen LogP contribution >= 0.6 is 11.6 Å². The molecule has 0 aromatic carbocycles.